The Morgan fingerprint density at radius 1 is 0.943 bits per heavy atom. The van der Waals surface area contributed by atoms with E-state index in [1.54, 1.807) is 32.9 Å². The van der Waals surface area contributed by atoms with Crippen molar-refractivity contribution in [1.82, 2.24) is 0 Å². The number of hydrogen-bond acceptors (Lipinski definition) is 6. The first-order chi connectivity index (χ1) is 16.4. The molecular weight excluding hydrogens is 535 g/mol. The van der Waals surface area contributed by atoms with Crippen LogP contribution in [0.4, 0.5) is 11.4 Å². The molecule has 3 aromatic carbocycles. The molecule has 0 aliphatic rings. The summed E-state index contributed by atoms with van der Waals surface area (Å²) >= 11 is 18.5. The van der Waals surface area contributed by atoms with Gasteiger partial charge >= 0.3 is 0 Å². The van der Waals surface area contributed by atoms with Crippen molar-refractivity contribution in [3.63, 3.8) is 0 Å². The minimum atomic E-state index is -4.01. The van der Waals surface area contributed by atoms with E-state index < -0.39 is 26.9 Å². The molecule has 11 heteroatoms. The normalized spacial score (nSPS) is 12.7. The first kappa shape index (κ1) is 27.3. The maximum Gasteiger partial charge on any atom is 0.272 e. The molecule has 0 aromatic heterocycles. The first-order valence-corrected chi connectivity index (χ1v) is 13.5. The zero-order chi connectivity index (χ0) is 25.9. The van der Waals surface area contributed by atoms with Crippen molar-refractivity contribution in [1.29, 1.82) is 0 Å². The molecule has 3 rings (SSSR count). The smallest absolute Gasteiger partial charge is 0.272 e. The molecule has 0 saturated heterocycles. The Morgan fingerprint density at radius 2 is 1.57 bits per heavy atom. The largest absolute Gasteiger partial charge is 0.485 e. The van der Waals surface area contributed by atoms with Crippen LogP contribution in [0.1, 0.15) is 33.6 Å². The third kappa shape index (κ3) is 6.12. The molecule has 0 unspecified atom stereocenters. The Labute approximate surface area is 219 Å². The molecule has 0 aliphatic heterocycles. The lowest BCUT2D eigenvalue weighted by molar-refractivity contribution is 0.238. The van der Waals surface area contributed by atoms with Crippen LogP contribution in [-0.4, -0.2) is 27.1 Å². The van der Waals surface area contributed by atoms with E-state index in [2.05, 4.69) is 5.32 Å². The van der Waals surface area contributed by atoms with E-state index in [1.807, 2.05) is 0 Å². The SMILES string of the molecule is CC(C)Oc1c(NCCC[C@@H](C)N(c2cc(Cl)ccc2Cl)S(=O)(=O)c2ccc(Cl)cc2)c(=O)c1=O. The highest BCUT2D eigenvalue weighted by Crippen LogP contribution is 2.35. The molecule has 0 aliphatic carbocycles. The molecule has 0 heterocycles. The summed E-state index contributed by atoms with van der Waals surface area (Å²) in [7, 11) is -4.01. The Morgan fingerprint density at radius 3 is 2.20 bits per heavy atom. The van der Waals surface area contributed by atoms with Crippen LogP contribution < -0.4 is 25.2 Å². The molecule has 0 saturated carbocycles. The molecule has 3 aromatic rings. The number of benzene rings is 2. The minimum Gasteiger partial charge on any atom is -0.485 e. The first-order valence-electron chi connectivity index (χ1n) is 10.9. The lowest BCUT2D eigenvalue weighted by Crippen LogP contribution is -2.39. The van der Waals surface area contributed by atoms with Gasteiger partial charge in [0.1, 0.15) is 5.69 Å². The van der Waals surface area contributed by atoms with Gasteiger partial charge in [0.05, 0.1) is 21.7 Å². The fourth-order valence-electron chi connectivity index (χ4n) is 3.59. The van der Waals surface area contributed by atoms with Crippen molar-refractivity contribution in [3.05, 3.63) is 78.0 Å². The van der Waals surface area contributed by atoms with Crippen LogP contribution in [0.5, 0.6) is 5.75 Å². The van der Waals surface area contributed by atoms with Crippen molar-refractivity contribution in [2.45, 2.75) is 50.7 Å². The van der Waals surface area contributed by atoms with Gasteiger partial charge in [-0.05, 0) is 76.1 Å². The lowest BCUT2D eigenvalue weighted by Gasteiger charge is -2.31. The average Bonchev–Trinajstić information content (AvgIpc) is 2.80. The molecule has 7 nitrogen and oxygen atoms in total. The maximum atomic E-state index is 13.6. The number of ether oxygens (including phenoxy) is 1. The van der Waals surface area contributed by atoms with Crippen molar-refractivity contribution >= 4 is 56.2 Å². The molecule has 0 amide bonds. The topological polar surface area (TPSA) is 92.8 Å². The standard InChI is InChI=1S/C24H25Cl3N2O5S/c1-14(2)34-24-21(22(30)23(24)31)28-12-4-5-15(3)29(20-13-17(26)8-11-19(20)27)35(32,33)18-9-6-16(25)7-10-18/h6-11,13-15,28H,4-5,12H2,1-3H3/t15-/m1/s1. The van der Waals surface area contributed by atoms with Gasteiger partial charge < -0.3 is 10.1 Å². The fraction of sp³-hybridized carbons (Fsp3) is 0.333. The van der Waals surface area contributed by atoms with Gasteiger partial charge in [0, 0.05) is 22.6 Å². The number of rotatable bonds is 11. The summed E-state index contributed by atoms with van der Waals surface area (Å²) < 4.78 is 33.9. The minimum absolute atomic E-state index is 0.0377. The van der Waals surface area contributed by atoms with Crippen LogP contribution in [0.2, 0.25) is 15.1 Å². The fourth-order valence-corrected chi connectivity index (χ4v) is 5.83. The Hall–Kier alpha value is -2.26. The van der Waals surface area contributed by atoms with Crippen molar-refractivity contribution in [2.24, 2.45) is 0 Å². The van der Waals surface area contributed by atoms with Crippen LogP contribution in [-0.2, 0) is 10.0 Å². The van der Waals surface area contributed by atoms with Crippen LogP contribution in [0, 0.1) is 0 Å². The monoisotopic (exact) mass is 558 g/mol. The van der Waals surface area contributed by atoms with Crippen LogP contribution in [0.3, 0.4) is 0 Å². The summed E-state index contributed by atoms with van der Waals surface area (Å²) in [6.45, 7) is 5.62. The van der Waals surface area contributed by atoms with Crippen LogP contribution in [0.15, 0.2) is 56.9 Å². The van der Waals surface area contributed by atoms with Gasteiger partial charge in [0.25, 0.3) is 20.9 Å². The van der Waals surface area contributed by atoms with Gasteiger partial charge in [-0.3, -0.25) is 13.9 Å². The summed E-state index contributed by atoms with van der Waals surface area (Å²) in [5.41, 5.74) is -0.860. The second-order valence-corrected chi connectivity index (χ2v) is 11.4. The maximum absolute atomic E-state index is 13.6. The molecule has 1 N–H and O–H groups in total. The summed E-state index contributed by atoms with van der Waals surface area (Å²) in [6, 6.07) is 9.97. The summed E-state index contributed by atoms with van der Waals surface area (Å²) in [5.74, 6) is 0.0377. The molecule has 0 radical (unpaired) electrons. The van der Waals surface area contributed by atoms with E-state index in [-0.39, 0.29) is 33.1 Å². The van der Waals surface area contributed by atoms with Gasteiger partial charge in [-0.2, -0.15) is 0 Å². The van der Waals surface area contributed by atoms with E-state index in [1.165, 1.54) is 34.6 Å². The number of anilines is 2. The lowest BCUT2D eigenvalue weighted by atomic mass is 10.1. The van der Waals surface area contributed by atoms with E-state index >= 15 is 0 Å². The number of sulfonamides is 1. The van der Waals surface area contributed by atoms with Crippen molar-refractivity contribution < 1.29 is 13.2 Å². The Kier molecular flexibility index (Phi) is 8.75. The number of nitrogens with one attached hydrogen (secondary N) is 1. The Bertz CT molecular complexity index is 1370. The van der Waals surface area contributed by atoms with Crippen LogP contribution in [0.25, 0.3) is 0 Å². The zero-order valence-corrected chi connectivity index (χ0v) is 22.4. The summed E-state index contributed by atoms with van der Waals surface area (Å²) in [6.07, 6.45) is 0.664. The number of halogens is 3. The second kappa shape index (κ2) is 11.2. The van der Waals surface area contributed by atoms with Crippen LogP contribution >= 0.6 is 34.8 Å². The number of nitrogens with zero attached hydrogens (tertiary/aromatic N) is 1. The van der Waals surface area contributed by atoms with Crippen molar-refractivity contribution in [3.8, 4) is 5.75 Å². The molecule has 0 bridgehead atoms. The quantitative estimate of drug-likeness (QED) is 0.246. The predicted octanol–water partition coefficient (Wildman–Crippen LogP) is 5.51. The van der Waals surface area contributed by atoms with Gasteiger partial charge in [-0.1, -0.05) is 34.8 Å². The van der Waals surface area contributed by atoms with Gasteiger partial charge in [0.2, 0.25) is 0 Å². The molecule has 188 valence electrons. The Balaban J connectivity index is 1.81. The molecule has 0 fully saturated rings. The highest BCUT2D eigenvalue weighted by Gasteiger charge is 2.31. The third-order valence-electron chi connectivity index (χ3n) is 5.24. The average molecular weight is 560 g/mol. The highest BCUT2D eigenvalue weighted by molar-refractivity contribution is 7.92. The molecule has 35 heavy (non-hydrogen) atoms. The number of hydrogen-bond donors (Lipinski definition) is 1. The van der Waals surface area contributed by atoms with Gasteiger partial charge in [0.15, 0.2) is 5.75 Å². The highest BCUT2D eigenvalue weighted by atomic mass is 35.5. The third-order valence-corrected chi connectivity index (χ3v) is 7.99. The van der Waals surface area contributed by atoms with E-state index in [4.69, 9.17) is 39.5 Å². The summed E-state index contributed by atoms with van der Waals surface area (Å²) in [5, 5.41) is 3.92. The van der Waals surface area contributed by atoms with E-state index in [9.17, 15) is 18.0 Å². The van der Waals surface area contributed by atoms with Gasteiger partial charge in [-0.25, -0.2) is 8.42 Å². The predicted molar refractivity (Wildman–Crippen MR) is 142 cm³/mol. The molecular formula is C24H25Cl3N2O5S. The van der Waals surface area contributed by atoms with E-state index in [0.29, 0.717) is 29.4 Å². The van der Waals surface area contributed by atoms with E-state index in [0.717, 1.165) is 0 Å². The molecule has 1 atom stereocenters. The summed E-state index contributed by atoms with van der Waals surface area (Å²) in [4.78, 5) is 23.7. The zero-order valence-electron chi connectivity index (χ0n) is 19.3. The molecule has 0 spiro atoms. The second-order valence-electron chi connectivity index (χ2n) is 8.30. The van der Waals surface area contributed by atoms with Gasteiger partial charge in [-0.15, -0.1) is 0 Å². The van der Waals surface area contributed by atoms with Crippen molar-refractivity contribution in [2.75, 3.05) is 16.2 Å².